The van der Waals surface area contributed by atoms with Gasteiger partial charge in [0, 0.05) is 32.1 Å². The van der Waals surface area contributed by atoms with Crippen molar-refractivity contribution in [2.24, 2.45) is 0 Å². The van der Waals surface area contributed by atoms with E-state index in [0.717, 1.165) is 18.8 Å². The Hall–Kier alpha value is -1.38. The van der Waals surface area contributed by atoms with Gasteiger partial charge in [-0.15, -0.1) is 0 Å². The van der Waals surface area contributed by atoms with Crippen LogP contribution in [0.1, 0.15) is 18.5 Å². The van der Waals surface area contributed by atoms with Gasteiger partial charge in [-0.3, -0.25) is 9.78 Å². The summed E-state index contributed by atoms with van der Waals surface area (Å²) < 4.78 is 0. The van der Waals surface area contributed by atoms with E-state index in [1.54, 1.807) is 6.20 Å². The molecule has 1 aromatic heterocycles. The third-order valence-corrected chi connectivity index (χ3v) is 2.64. The summed E-state index contributed by atoms with van der Waals surface area (Å²) in [6.45, 7) is 3.68. The van der Waals surface area contributed by atoms with Crippen LogP contribution in [0.5, 0.6) is 0 Å². The lowest BCUT2D eigenvalue weighted by Gasteiger charge is -2.28. The summed E-state index contributed by atoms with van der Waals surface area (Å²) in [4.78, 5) is 17.6. The Bertz CT molecular complexity index is 339. The molecule has 0 atom stereocenters. The van der Waals surface area contributed by atoms with Crippen LogP contribution < -0.4 is 4.90 Å². The molecule has 0 spiro atoms. The van der Waals surface area contributed by atoms with Crippen LogP contribution in [-0.2, 0) is 4.79 Å². The number of carbonyl (C=O) groups excluding carboxylic acids is 1. The van der Waals surface area contributed by atoms with Crippen molar-refractivity contribution in [1.82, 2.24) is 4.98 Å². The Morgan fingerprint density at radius 2 is 2.07 bits per heavy atom. The van der Waals surface area contributed by atoms with Crippen molar-refractivity contribution in [1.29, 1.82) is 0 Å². The van der Waals surface area contributed by atoms with Crippen LogP contribution in [0.3, 0.4) is 0 Å². The highest BCUT2D eigenvalue weighted by Gasteiger charge is 2.17. The van der Waals surface area contributed by atoms with Crippen molar-refractivity contribution in [2.45, 2.75) is 19.8 Å². The molecular weight excluding hydrogens is 176 g/mol. The largest absolute Gasteiger partial charge is 0.369 e. The number of anilines is 1. The molecule has 2 heterocycles. The van der Waals surface area contributed by atoms with E-state index in [4.69, 9.17) is 0 Å². The van der Waals surface area contributed by atoms with Crippen molar-refractivity contribution >= 4 is 11.5 Å². The number of hydrogen-bond donors (Lipinski definition) is 0. The number of aromatic nitrogens is 1. The molecule has 1 aliphatic rings. The molecule has 0 amide bonds. The first-order valence-corrected chi connectivity index (χ1v) is 4.95. The van der Waals surface area contributed by atoms with Crippen molar-refractivity contribution in [3.63, 3.8) is 0 Å². The second kappa shape index (κ2) is 3.78. The molecule has 3 nitrogen and oxygen atoms in total. The SMILES string of the molecule is Cc1ncccc1N1CCC(=O)CC1. The highest BCUT2D eigenvalue weighted by molar-refractivity contribution is 5.81. The monoisotopic (exact) mass is 190 g/mol. The number of pyridine rings is 1. The number of ketones is 1. The van der Waals surface area contributed by atoms with E-state index in [1.807, 2.05) is 13.0 Å². The minimum atomic E-state index is 0.378. The maximum absolute atomic E-state index is 11.1. The first-order valence-electron chi connectivity index (χ1n) is 4.95. The first kappa shape index (κ1) is 9.19. The van der Waals surface area contributed by atoms with Gasteiger partial charge in [0.1, 0.15) is 5.78 Å². The molecule has 1 aliphatic heterocycles. The number of carbonyl (C=O) groups is 1. The molecule has 0 bridgehead atoms. The zero-order valence-corrected chi connectivity index (χ0v) is 8.36. The maximum atomic E-state index is 11.1. The summed E-state index contributed by atoms with van der Waals surface area (Å²) in [5.41, 5.74) is 2.21. The summed E-state index contributed by atoms with van der Waals surface area (Å²) in [6, 6.07) is 4.01. The lowest BCUT2D eigenvalue weighted by Crippen LogP contribution is -2.34. The molecule has 0 N–H and O–H groups in total. The predicted molar refractivity (Wildman–Crippen MR) is 55.4 cm³/mol. The Balaban J connectivity index is 2.16. The Kier molecular flexibility index (Phi) is 2.48. The van der Waals surface area contributed by atoms with Gasteiger partial charge >= 0.3 is 0 Å². The summed E-state index contributed by atoms with van der Waals surface area (Å²) >= 11 is 0. The molecule has 0 aromatic carbocycles. The van der Waals surface area contributed by atoms with Gasteiger partial charge in [-0.05, 0) is 19.1 Å². The van der Waals surface area contributed by atoms with E-state index >= 15 is 0 Å². The van der Waals surface area contributed by atoms with Crippen LogP contribution in [-0.4, -0.2) is 23.9 Å². The average Bonchev–Trinajstić information content (AvgIpc) is 2.20. The number of piperidine rings is 1. The summed E-state index contributed by atoms with van der Waals surface area (Å²) in [6.07, 6.45) is 3.15. The van der Waals surface area contributed by atoms with E-state index < -0.39 is 0 Å². The third-order valence-electron chi connectivity index (χ3n) is 2.64. The summed E-state index contributed by atoms with van der Waals surface area (Å²) in [5, 5.41) is 0. The number of hydrogen-bond acceptors (Lipinski definition) is 3. The molecule has 74 valence electrons. The third kappa shape index (κ3) is 1.76. The minimum Gasteiger partial charge on any atom is -0.369 e. The van der Waals surface area contributed by atoms with Crippen LogP contribution in [0.15, 0.2) is 18.3 Å². The fourth-order valence-electron chi connectivity index (χ4n) is 1.81. The smallest absolute Gasteiger partial charge is 0.136 e. The molecule has 0 unspecified atom stereocenters. The van der Waals surface area contributed by atoms with Crippen LogP contribution in [0.2, 0.25) is 0 Å². The number of nitrogens with zero attached hydrogens (tertiary/aromatic N) is 2. The normalized spacial score (nSPS) is 17.2. The lowest BCUT2D eigenvalue weighted by atomic mass is 10.1. The zero-order chi connectivity index (χ0) is 9.97. The van der Waals surface area contributed by atoms with Gasteiger partial charge in [0.15, 0.2) is 0 Å². The molecular formula is C11H14N2O. The minimum absolute atomic E-state index is 0.378. The van der Waals surface area contributed by atoms with Crippen molar-refractivity contribution in [2.75, 3.05) is 18.0 Å². The van der Waals surface area contributed by atoms with Crippen LogP contribution in [0, 0.1) is 6.92 Å². The Morgan fingerprint density at radius 1 is 1.36 bits per heavy atom. The van der Waals surface area contributed by atoms with E-state index in [2.05, 4.69) is 16.0 Å². The molecule has 1 fully saturated rings. The molecule has 14 heavy (non-hydrogen) atoms. The number of aryl methyl sites for hydroxylation is 1. The quantitative estimate of drug-likeness (QED) is 0.673. The number of Topliss-reactive ketones (excluding diaryl/α,β-unsaturated/α-hetero) is 1. The van der Waals surface area contributed by atoms with Gasteiger partial charge in [0.05, 0.1) is 11.4 Å². The zero-order valence-electron chi connectivity index (χ0n) is 8.36. The average molecular weight is 190 g/mol. The molecule has 3 heteroatoms. The van der Waals surface area contributed by atoms with Crippen molar-refractivity contribution < 1.29 is 4.79 Å². The molecule has 1 aromatic rings. The Labute approximate surface area is 83.8 Å². The lowest BCUT2D eigenvalue weighted by molar-refractivity contribution is -0.119. The van der Waals surface area contributed by atoms with E-state index in [1.165, 1.54) is 5.69 Å². The second-order valence-electron chi connectivity index (χ2n) is 3.63. The molecule has 0 aliphatic carbocycles. The second-order valence-corrected chi connectivity index (χ2v) is 3.63. The predicted octanol–water partition coefficient (Wildman–Crippen LogP) is 1.56. The topological polar surface area (TPSA) is 33.2 Å². The Morgan fingerprint density at radius 3 is 2.71 bits per heavy atom. The fourth-order valence-corrected chi connectivity index (χ4v) is 1.81. The standard InChI is InChI=1S/C11H14N2O/c1-9-11(3-2-6-12-9)13-7-4-10(14)5-8-13/h2-3,6H,4-5,7-8H2,1H3. The maximum Gasteiger partial charge on any atom is 0.136 e. The van der Waals surface area contributed by atoms with E-state index in [0.29, 0.717) is 18.6 Å². The van der Waals surface area contributed by atoms with Crippen LogP contribution >= 0.6 is 0 Å². The fraction of sp³-hybridized carbons (Fsp3) is 0.455. The summed E-state index contributed by atoms with van der Waals surface area (Å²) in [5.74, 6) is 0.378. The molecule has 1 saturated heterocycles. The van der Waals surface area contributed by atoms with Crippen LogP contribution in [0.25, 0.3) is 0 Å². The van der Waals surface area contributed by atoms with Gasteiger partial charge < -0.3 is 4.90 Å². The van der Waals surface area contributed by atoms with Crippen LogP contribution in [0.4, 0.5) is 5.69 Å². The van der Waals surface area contributed by atoms with Gasteiger partial charge in [-0.25, -0.2) is 0 Å². The van der Waals surface area contributed by atoms with E-state index in [-0.39, 0.29) is 0 Å². The van der Waals surface area contributed by atoms with Crippen molar-refractivity contribution in [3.8, 4) is 0 Å². The highest BCUT2D eigenvalue weighted by Crippen LogP contribution is 2.20. The summed E-state index contributed by atoms with van der Waals surface area (Å²) in [7, 11) is 0. The highest BCUT2D eigenvalue weighted by atomic mass is 16.1. The molecule has 0 saturated carbocycles. The first-order chi connectivity index (χ1) is 6.77. The van der Waals surface area contributed by atoms with E-state index in [9.17, 15) is 4.79 Å². The van der Waals surface area contributed by atoms with Gasteiger partial charge in [-0.2, -0.15) is 0 Å². The van der Waals surface area contributed by atoms with Gasteiger partial charge in [0.25, 0.3) is 0 Å². The van der Waals surface area contributed by atoms with Crippen molar-refractivity contribution in [3.05, 3.63) is 24.0 Å². The molecule has 2 rings (SSSR count). The van der Waals surface area contributed by atoms with Gasteiger partial charge in [-0.1, -0.05) is 0 Å². The molecule has 0 radical (unpaired) electrons. The van der Waals surface area contributed by atoms with Gasteiger partial charge in [0.2, 0.25) is 0 Å². The number of rotatable bonds is 1.